The Bertz CT molecular complexity index is 723. The second-order valence-electron chi connectivity index (χ2n) is 5.06. The van der Waals surface area contributed by atoms with E-state index >= 15 is 0 Å². The molecule has 0 aliphatic heterocycles. The lowest BCUT2D eigenvalue weighted by Gasteiger charge is -2.11. The van der Waals surface area contributed by atoms with Gasteiger partial charge in [0.05, 0.1) is 39.6 Å². The fourth-order valence-corrected chi connectivity index (χ4v) is 2.11. The lowest BCUT2D eigenvalue weighted by atomic mass is 10.2. The van der Waals surface area contributed by atoms with Gasteiger partial charge in [0, 0.05) is 13.2 Å². The van der Waals surface area contributed by atoms with Gasteiger partial charge in [0.25, 0.3) is 0 Å². The number of carbonyl (C=O) groups is 1. The van der Waals surface area contributed by atoms with Crippen LogP contribution < -0.4 is 9.47 Å². The molecule has 0 aliphatic rings. The third kappa shape index (κ3) is 5.40. The van der Waals surface area contributed by atoms with Crippen molar-refractivity contribution in [2.45, 2.75) is 0 Å². The van der Waals surface area contributed by atoms with Crippen LogP contribution in [0, 0.1) is 0 Å². The summed E-state index contributed by atoms with van der Waals surface area (Å²) in [7, 11) is 4.45. The summed E-state index contributed by atoms with van der Waals surface area (Å²) in [5.74, 6) is 0.561. The fourth-order valence-electron chi connectivity index (χ4n) is 2.11. The average Bonchev–Trinajstić information content (AvgIpc) is 2.69. The minimum absolute atomic E-state index is 0.0960. The maximum Gasteiger partial charge on any atom is 0.356 e. The average molecular weight is 362 g/mol. The van der Waals surface area contributed by atoms with Crippen molar-refractivity contribution in [1.29, 1.82) is 0 Å². The number of nitrogens with zero attached hydrogens (tertiary/aromatic N) is 2. The van der Waals surface area contributed by atoms with Crippen molar-refractivity contribution in [3.05, 3.63) is 36.0 Å². The second kappa shape index (κ2) is 10.3. The van der Waals surface area contributed by atoms with Crippen molar-refractivity contribution >= 4 is 5.97 Å². The Morgan fingerprint density at radius 3 is 2.50 bits per heavy atom. The summed E-state index contributed by atoms with van der Waals surface area (Å²) in [5, 5.41) is 0. The molecule has 0 bridgehead atoms. The highest BCUT2D eigenvalue weighted by Gasteiger charge is 2.16. The van der Waals surface area contributed by atoms with Gasteiger partial charge in [-0.1, -0.05) is 12.1 Å². The lowest BCUT2D eigenvalue weighted by Crippen LogP contribution is -2.12. The molecule has 1 aromatic heterocycles. The highest BCUT2D eigenvalue weighted by atomic mass is 16.5. The molecule has 8 heteroatoms. The summed E-state index contributed by atoms with van der Waals surface area (Å²) in [4.78, 5) is 20.5. The molecule has 0 unspecified atom stereocenters. The first kappa shape index (κ1) is 19.6. The van der Waals surface area contributed by atoms with Crippen molar-refractivity contribution in [3.63, 3.8) is 0 Å². The lowest BCUT2D eigenvalue weighted by molar-refractivity contribution is 0.0534. The van der Waals surface area contributed by atoms with Crippen LogP contribution in [0.4, 0.5) is 0 Å². The highest BCUT2D eigenvalue weighted by molar-refractivity contribution is 5.88. The molecule has 26 heavy (non-hydrogen) atoms. The monoisotopic (exact) mass is 362 g/mol. The Kier molecular flexibility index (Phi) is 7.78. The number of benzene rings is 1. The predicted octanol–water partition coefficient (Wildman–Crippen LogP) is 1.98. The van der Waals surface area contributed by atoms with Gasteiger partial charge in [-0.25, -0.2) is 9.78 Å². The van der Waals surface area contributed by atoms with Crippen LogP contribution >= 0.6 is 0 Å². The molecule has 0 radical (unpaired) electrons. The van der Waals surface area contributed by atoms with Crippen molar-refractivity contribution in [2.75, 3.05) is 47.8 Å². The summed E-state index contributed by atoms with van der Waals surface area (Å²) in [5.41, 5.74) is 0.737. The normalized spacial score (nSPS) is 10.4. The first-order valence-electron chi connectivity index (χ1n) is 8.00. The first-order chi connectivity index (χ1) is 12.7. The largest absolute Gasteiger partial charge is 0.496 e. The van der Waals surface area contributed by atoms with Crippen LogP contribution in [0.15, 0.2) is 30.3 Å². The van der Waals surface area contributed by atoms with Gasteiger partial charge in [0.1, 0.15) is 12.4 Å². The molecule has 0 atom stereocenters. The molecular weight excluding hydrogens is 340 g/mol. The molecule has 1 heterocycles. The zero-order valence-corrected chi connectivity index (χ0v) is 15.1. The molecule has 8 nitrogen and oxygen atoms in total. The number of hydrogen-bond acceptors (Lipinski definition) is 8. The molecule has 1 aromatic carbocycles. The standard InChI is InChI=1S/C18H22N2O6/c1-22-8-9-25-10-11-26-16-12-14(18(21)24-3)19-17(20-16)13-6-4-5-7-15(13)23-2/h4-7,12H,8-11H2,1-3H3. The predicted molar refractivity (Wildman–Crippen MR) is 93.5 cm³/mol. The van der Waals surface area contributed by atoms with Gasteiger partial charge < -0.3 is 23.7 Å². The summed E-state index contributed by atoms with van der Waals surface area (Å²) in [6.45, 7) is 1.62. The van der Waals surface area contributed by atoms with Gasteiger partial charge in [-0.2, -0.15) is 4.98 Å². The number of methoxy groups -OCH3 is 3. The molecule has 0 fully saturated rings. The number of ether oxygens (including phenoxy) is 5. The van der Waals surface area contributed by atoms with Crippen molar-refractivity contribution < 1.29 is 28.5 Å². The van der Waals surface area contributed by atoms with Crippen LogP contribution in [-0.2, 0) is 14.2 Å². The van der Waals surface area contributed by atoms with Gasteiger partial charge in [-0.15, -0.1) is 0 Å². The summed E-state index contributed by atoms with van der Waals surface area (Å²) in [6.07, 6.45) is 0. The van der Waals surface area contributed by atoms with Crippen molar-refractivity contribution in [1.82, 2.24) is 9.97 Å². The fraction of sp³-hybridized carbons (Fsp3) is 0.389. The molecular formula is C18H22N2O6. The number of para-hydroxylation sites is 1. The zero-order valence-electron chi connectivity index (χ0n) is 15.1. The Morgan fingerprint density at radius 1 is 1.00 bits per heavy atom. The molecule has 0 amide bonds. The van der Waals surface area contributed by atoms with Crippen LogP contribution in [0.2, 0.25) is 0 Å². The van der Waals surface area contributed by atoms with E-state index in [1.54, 1.807) is 26.4 Å². The number of aromatic nitrogens is 2. The van der Waals surface area contributed by atoms with Crippen LogP contribution in [-0.4, -0.2) is 63.7 Å². The quantitative estimate of drug-likeness (QED) is 0.468. The van der Waals surface area contributed by atoms with Gasteiger partial charge in [0.2, 0.25) is 5.88 Å². The smallest absolute Gasteiger partial charge is 0.356 e. The number of esters is 1. The molecule has 140 valence electrons. The molecule has 0 N–H and O–H groups in total. The molecule has 0 saturated carbocycles. The van der Waals surface area contributed by atoms with E-state index < -0.39 is 5.97 Å². The highest BCUT2D eigenvalue weighted by Crippen LogP contribution is 2.28. The SMILES string of the molecule is COCCOCCOc1cc(C(=O)OC)nc(-c2ccccc2OC)n1. The summed E-state index contributed by atoms with van der Waals surface area (Å²) in [6, 6.07) is 8.68. The first-order valence-corrected chi connectivity index (χ1v) is 8.00. The van der Waals surface area contributed by atoms with Crippen LogP contribution in [0.25, 0.3) is 11.4 Å². The van der Waals surface area contributed by atoms with Crippen LogP contribution in [0.3, 0.4) is 0 Å². The number of rotatable bonds is 10. The van der Waals surface area contributed by atoms with Gasteiger partial charge in [-0.05, 0) is 12.1 Å². The third-order valence-corrected chi connectivity index (χ3v) is 3.35. The Balaban J connectivity index is 2.21. The molecule has 0 aliphatic carbocycles. The molecule has 2 aromatic rings. The van der Waals surface area contributed by atoms with E-state index in [0.717, 1.165) is 0 Å². The van der Waals surface area contributed by atoms with E-state index in [0.29, 0.717) is 37.0 Å². The van der Waals surface area contributed by atoms with E-state index in [2.05, 4.69) is 9.97 Å². The van der Waals surface area contributed by atoms with E-state index in [9.17, 15) is 4.79 Å². The van der Waals surface area contributed by atoms with E-state index in [1.807, 2.05) is 12.1 Å². The molecule has 2 rings (SSSR count). The second-order valence-corrected chi connectivity index (χ2v) is 5.06. The minimum Gasteiger partial charge on any atom is -0.496 e. The van der Waals surface area contributed by atoms with E-state index in [1.165, 1.54) is 13.2 Å². The maximum atomic E-state index is 11.9. The Labute approximate surface area is 152 Å². The third-order valence-electron chi connectivity index (χ3n) is 3.35. The van der Waals surface area contributed by atoms with E-state index in [4.69, 9.17) is 23.7 Å². The maximum absolute atomic E-state index is 11.9. The van der Waals surface area contributed by atoms with Crippen LogP contribution in [0.1, 0.15) is 10.5 Å². The Hall–Kier alpha value is -2.71. The molecule has 0 saturated heterocycles. The topological polar surface area (TPSA) is 89.0 Å². The molecule has 0 spiro atoms. The summed E-state index contributed by atoms with van der Waals surface area (Å²) < 4.78 is 25.9. The number of hydrogen-bond donors (Lipinski definition) is 0. The van der Waals surface area contributed by atoms with Gasteiger partial charge >= 0.3 is 5.97 Å². The van der Waals surface area contributed by atoms with Gasteiger partial charge in [-0.3, -0.25) is 0 Å². The minimum atomic E-state index is -0.579. The van der Waals surface area contributed by atoms with E-state index in [-0.39, 0.29) is 18.2 Å². The van der Waals surface area contributed by atoms with Crippen molar-refractivity contribution in [2.24, 2.45) is 0 Å². The van der Waals surface area contributed by atoms with Crippen molar-refractivity contribution in [3.8, 4) is 23.0 Å². The summed E-state index contributed by atoms with van der Waals surface area (Å²) >= 11 is 0. The van der Waals surface area contributed by atoms with Gasteiger partial charge in [0.15, 0.2) is 11.5 Å². The Morgan fingerprint density at radius 2 is 1.77 bits per heavy atom. The zero-order chi connectivity index (χ0) is 18.8. The number of carbonyl (C=O) groups excluding carboxylic acids is 1. The van der Waals surface area contributed by atoms with Crippen LogP contribution in [0.5, 0.6) is 11.6 Å².